The van der Waals surface area contributed by atoms with Gasteiger partial charge < -0.3 is 9.64 Å². The summed E-state index contributed by atoms with van der Waals surface area (Å²) in [5.74, 6) is -0.429. The van der Waals surface area contributed by atoms with Gasteiger partial charge in [-0.2, -0.15) is 0 Å². The molecule has 0 atom stereocenters. The van der Waals surface area contributed by atoms with Crippen molar-refractivity contribution in [1.29, 1.82) is 0 Å². The number of amides is 1. The molecule has 0 aliphatic rings. The van der Waals surface area contributed by atoms with Crippen molar-refractivity contribution >= 4 is 23.2 Å². The molecule has 0 spiro atoms. The Hall–Kier alpha value is -1.36. The molecule has 1 aromatic rings. The Kier molecular flexibility index (Phi) is 7.43. The van der Waals surface area contributed by atoms with Gasteiger partial charge in [-0.15, -0.1) is 11.3 Å². The molecular weight excluding hydrogens is 286 g/mol. The summed E-state index contributed by atoms with van der Waals surface area (Å²) >= 11 is 1.56. The lowest BCUT2D eigenvalue weighted by molar-refractivity contribution is -0.143. The van der Waals surface area contributed by atoms with Crippen molar-refractivity contribution in [3.05, 3.63) is 21.4 Å². The molecule has 0 unspecified atom stereocenters. The minimum Gasteiger partial charge on any atom is -0.465 e. The lowest BCUT2D eigenvalue weighted by Crippen LogP contribution is -2.35. The van der Waals surface area contributed by atoms with Gasteiger partial charge in [-0.3, -0.25) is 9.59 Å². The third kappa shape index (κ3) is 4.84. The Bertz CT molecular complexity index is 482. The molecule has 0 fully saturated rings. The molecule has 0 saturated heterocycles. The fourth-order valence-electron chi connectivity index (χ4n) is 2.16. The van der Waals surface area contributed by atoms with Crippen molar-refractivity contribution in [1.82, 2.24) is 4.90 Å². The molecular formula is C16H25NO3S. The number of hydrogen-bond donors (Lipinski definition) is 0. The van der Waals surface area contributed by atoms with Crippen molar-refractivity contribution in [3.8, 4) is 0 Å². The molecule has 21 heavy (non-hydrogen) atoms. The number of aryl methyl sites for hydroxylation is 2. The van der Waals surface area contributed by atoms with Crippen LogP contribution in [0.4, 0.5) is 0 Å². The predicted octanol–water partition coefficient (Wildman–Crippen LogP) is 3.29. The standard InChI is InChI=1S/C16H25NO3S/c1-5-9-13-12(6-2)10-14(21-13)16(19)17(7-3)11-15(18)20-8-4/h10H,5-9,11H2,1-4H3. The maximum Gasteiger partial charge on any atom is 0.325 e. The first-order valence-electron chi connectivity index (χ1n) is 7.63. The number of carbonyl (C=O) groups is 2. The highest BCUT2D eigenvalue weighted by molar-refractivity contribution is 7.14. The number of rotatable bonds is 8. The van der Waals surface area contributed by atoms with E-state index in [0.717, 1.165) is 24.1 Å². The minimum absolute atomic E-state index is 0.0195. The second kappa shape index (κ2) is 8.82. The molecule has 0 radical (unpaired) electrons. The molecule has 0 aliphatic heterocycles. The van der Waals surface area contributed by atoms with Crippen molar-refractivity contribution in [2.24, 2.45) is 0 Å². The van der Waals surface area contributed by atoms with Gasteiger partial charge in [0.05, 0.1) is 11.5 Å². The number of likely N-dealkylation sites (N-methyl/N-ethyl adjacent to an activating group) is 1. The fraction of sp³-hybridized carbons (Fsp3) is 0.625. The molecule has 0 saturated carbocycles. The summed E-state index contributed by atoms with van der Waals surface area (Å²) in [6.07, 6.45) is 3.01. The summed E-state index contributed by atoms with van der Waals surface area (Å²) in [7, 11) is 0. The summed E-state index contributed by atoms with van der Waals surface area (Å²) in [5.41, 5.74) is 1.25. The third-order valence-corrected chi connectivity index (χ3v) is 4.48. The first kappa shape index (κ1) is 17.7. The van der Waals surface area contributed by atoms with Crippen LogP contribution in [0.3, 0.4) is 0 Å². The van der Waals surface area contributed by atoms with Crippen molar-refractivity contribution < 1.29 is 14.3 Å². The zero-order chi connectivity index (χ0) is 15.8. The molecule has 1 aromatic heterocycles. The highest BCUT2D eigenvalue weighted by Gasteiger charge is 2.21. The number of hydrogen-bond acceptors (Lipinski definition) is 4. The quantitative estimate of drug-likeness (QED) is 0.692. The molecule has 4 nitrogen and oxygen atoms in total. The molecule has 1 rings (SSSR count). The van der Waals surface area contributed by atoms with Crippen molar-refractivity contribution in [2.45, 2.75) is 47.0 Å². The van der Waals surface area contributed by atoms with Crippen molar-refractivity contribution in [3.63, 3.8) is 0 Å². The van der Waals surface area contributed by atoms with Crippen LogP contribution in [-0.2, 0) is 22.4 Å². The fourth-order valence-corrected chi connectivity index (χ4v) is 3.48. The van der Waals surface area contributed by atoms with E-state index in [1.165, 1.54) is 10.4 Å². The van der Waals surface area contributed by atoms with Gasteiger partial charge in [-0.05, 0) is 38.3 Å². The Morgan fingerprint density at radius 3 is 2.48 bits per heavy atom. The molecule has 0 N–H and O–H groups in total. The molecule has 118 valence electrons. The third-order valence-electron chi connectivity index (χ3n) is 3.26. The highest BCUT2D eigenvalue weighted by atomic mass is 32.1. The Balaban J connectivity index is 2.86. The van der Waals surface area contributed by atoms with Gasteiger partial charge in [0.2, 0.25) is 0 Å². The SMILES string of the molecule is CCCc1sc(C(=O)N(CC)CC(=O)OCC)cc1CC. The molecule has 0 aliphatic carbocycles. The molecule has 5 heteroatoms. The maximum atomic E-state index is 12.5. The van der Waals surface area contributed by atoms with Gasteiger partial charge in [-0.1, -0.05) is 20.3 Å². The second-order valence-electron chi connectivity index (χ2n) is 4.79. The van der Waals surface area contributed by atoms with E-state index in [0.29, 0.717) is 13.2 Å². The van der Waals surface area contributed by atoms with Crippen LogP contribution >= 0.6 is 11.3 Å². The van der Waals surface area contributed by atoms with Gasteiger partial charge in [0, 0.05) is 11.4 Å². The molecule has 0 bridgehead atoms. The van der Waals surface area contributed by atoms with E-state index in [9.17, 15) is 9.59 Å². The number of nitrogens with zero attached hydrogens (tertiary/aromatic N) is 1. The molecule has 0 aromatic carbocycles. The van der Waals surface area contributed by atoms with Crippen LogP contribution in [0.1, 0.15) is 54.2 Å². The lowest BCUT2D eigenvalue weighted by Gasteiger charge is -2.18. The predicted molar refractivity (Wildman–Crippen MR) is 85.9 cm³/mol. The van der Waals surface area contributed by atoms with Crippen LogP contribution in [0.2, 0.25) is 0 Å². The number of esters is 1. The summed E-state index contributed by atoms with van der Waals surface area (Å²) in [6.45, 7) is 8.74. The van der Waals surface area contributed by atoms with Crippen LogP contribution in [-0.4, -0.2) is 36.5 Å². The number of carbonyl (C=O) groups excluding carboxylic acids is 2. The van der Waals surface area contributed by atoms with Crippen LogP contribution < -0.4 is 0 Å². The summed E-state index contributed by atoms with van der Waals surface area (Å²) < 4.78 is 4.92. The highest BCUT2D eigenvalue weighted by Crippen LogP contribution is 2.25. The van der Waals surface area contributed by atoms with Gasteiger partial charge in [0.25, 0.3) is 5.91 Å². The first-order chi connectivity index (χ1) is 10.1. The topological polar surface area (TPSA) is 46.6 Å². The van der Waals surface area contributed by atoms with E-state index in [1.807, 2.05) is 13.0 Å². The van der Waals surface area contributed by atoms with E-state index < -0.39 is 0 Å². The molecule has 1 heterocycles. The second-order valence-corrected chi connectivity index (χ2v) is 5.92. The number of ether oxygens (including phenoxy) is 1. The van der Waals surface area contributed by atoms with Crippen LogP contribution in [0, 0.1) is 0 Å². The van der Waals surface area contributed by atoms with E-state index in [1.54, 1.807) is 23.2 Å². The average molecular weight is 311 g/mol. The monoisotopic (exact) mass is 311 g/mol. The Morgan fingerprint density at radius 2 is 1.95 bits per heavy atom. The summed E-state index contributed by atoms with van der Waals surface area (Å²) in [6, 6.07) is 1.98. The number of thiophene rings is 1. The van der Waals surface area contributed by atoms with Gasteiger partial charge in [-0.25, -0.2) is 0 Å². The van der Waals surface area contributed by atoms with E-state index in [4.69, 9.17) is 4.74 Å². The first-order valence-corrected chi connectivity index (χ1v) is 8.45. The Labute approximate surface area is 131 Å². The normalized spacial score (nSPS) is 10.5. The Morgan fingerprint density at radius 1 is 1.24 bits per heavy atom. The maximum absolute atomic E-state index is 12.5. The average Bonchev–Trinajstić information content (AvgIpc) is 2.88. The molecule has 1 amide bonds. The van der Waals surface area contributed by atoms with Crippen LogP contribution in [0.5, 0.6) is 0 Å². The summed E-state index contributed by atoms with van der Waals surface area (Å²) in [5, 5.41) is 0. The smallest absolute Gasteiger partial charge is 0.325 e. The lowest BCUT2D eigenvalue weighted by atomic mass is 10.1. The van der Waals surface area contributed by atoms with Gasteiger partial charge in [0.1, 0.15) is 6.54 Å². The van der Waals surface area contributed by atoms with Crippen molar-refractivity contribution in [2.75, 3.05) is 19.7 Å². The van der Waals surface area contributed by atoms with E-state index >= 15 is 0 Å². The summed E-state index contributed by atoms with van der Waals surface area (Å²) in [4.78, 5) is 27.6. The van der Waals surface area contributed by atoms with Gasteiger partial charge in [0.15, 0.2) is 0 Å². The zero-order valence-electron chi connectivity index (χ0n) is 13.4. The van der Waals surface area contributed by atoms with Crippen LogP contribution in [0.15, 0.2) is 6.07 Å². The zero-order valence-corrected chi connectivity index (χ0v) is 14.2. The van der Waals surface area contributed by atoms with Crippen LogP contribution in [0.25, 0.3) is 0 Å². The minimum atomic E-state index is -0.353. The van der Waals surface area contributed by atoms with E-state index in [-0.39, 0.29) is 18.4 Å². The van der Waals surface area contributed by atoms with E-state index in [2.05, 4.69) is 13.8 Å². The largest absolute Gasteiger partial charge is 0.465 e. The van der Waals surface area contributed by atoms with Gasteiger partial charge >= 0.3 is 5.97 Å².